The molecule has 0 fully saturated rings. The lowest BCUT2D eigenvalue weighted by molar-refractivity contribution is 0.304. The Labute approximate surface area is 109 Å². The monoisotopic (exact) mass is 252 g/mol. The molecule has 0 saturated heterocycles. The number of hydrogen-bond acceptors (Lipinski definition) is 5. The molecule has 0 atom stereocenters. The Morgan fingerprint density at radius 1 is 1.44 bits per heavy atom. The molecule has 0 aliphatic rings. The summed E-state index contributed by atoms with van der Waals surface area (Å²) >= 11 is 0. The Hall–Kier alpha value is -1.36. The fourth-order valence-electron chi connectivity index (χ4n) is 1.61. The van der Waals surface area contributed by atoms with Crippen molar-refractivity contribution in [3.8, 4) is 5.88 Å². The van der Waals surface area contributed by atoms with Crippen LogP contribution in [0.4, 0.5) is 5.95 Å². The molecule has 0 unspecified atom stereocenters. The van der Waals surface area contributed by atoms with Crippen molar-refractivity contribution in [1.82, 2.24) is 9.97 Å². The molecule has 1 aromatic heterocycles. The van der Waals surface area contributed by atoms with Gasteiger partial charge >= 0.3 is 0 Å². The molecule has 0 saturated carbocycles. The largest absolute Gasteiger partial charge is 0.478 e. The second-order valence-corrected chi connectivity index (χ2v) is 4.47. The summed E-state index contributed by atoms with van der Waals surface area (Å²) in [6.07, 6.45) is 3.65. The molecule has 0 aliphatic carbocycles. The Morgan fingerprint density at radius 3 is 2.83 bits per heavy atom. The third-order valence-corrected chi connectivity index (χ3v) is 2.55. The molecule has 0 amide bonds. The standard InChI is InChI=1S/C13H24N4O/c1-4-10-18-12-6-8-15-13(16-12)17(11(2)3)9-5-7-14/h6,8,11H,4-5,7,9-10,14H2,1-3H3. The second-order valence-electron chi connectivity index (χ2n) is 4.47. The van der Waals surface area contributed by atoms with E-state index in [2.05, 4.69) is 35.6 Å². The number of nitrogens with zero attached hydrogens (tertiary/aromatic N) is 3. The highest BCUT2D eigenvalue weighted by atomic mass is 16.5. The molecule has 0 aliphatic heterocycles. The molecular formula is C13H24N4O. The zero-order valence-corrected chi connectivity index (χ0v) is 11.6. The summed E-state index contributed by atoms with van der Waals surface area (Å²) < 4.78 is 5.53. The van der Waals surface area contributed by atoms with Crippen molar-refractivity contribution in [3.05, 3.63) is 12.3 Å². The molecule has 1 heterocycles. The molecule has 1 aromatic rings. The van der Waals surface area contributed by atoms with E-state index in [1.165, 1.54) is 0 Å². The van der Waals surface area contributed by atoms with Gasteiger partial charge in [-0.05, 0) is 33.2 Å². The van der Waals surface area contributed by atoms with Crippen LogP contribution in [0.15, 0.2) is 12.3 Å². The lowest BCUT2D eigenvalue weighted by Gasteiger charge is -2.26. The molecule has 0 bridgehead atoms. The van der Waals surface area contributed by atoms with Crippen LogP contribution in [0.5, 0.6) is 5.88 Å². The number of nitrogens with two attached hydrogens (primary N) is 1. The van der Waals surface area contributed by atoms with Crippen molar-refractivity contribution >= 4 is 5.95 Å². The molecule has 18 heavy (non-hydrogen) atoms. The third kappa shape index (κ3) is 4.49. The van der Waals surface area contributed by atoms with E-state index in [0.717, 1.165) is 19.4 Å². The van der Waals surface area contributed by atoms with Gasteiger partial charge in [0.15, 0.2) is 0 Å². The average Bonchev–Trinajstić information content (AvgIpc) is 2.37. The average molecular weight is 252 g/mol. The minimum absolute atomic E-state index is 0.345. The summed E-state index contributed by atoms with van der Waals surface area (Å²) in [6.45, 7) is 8.55. The molecule has 2 N–H and O–H groups in total. The molecular weight excluding hydrogens is 228 g/mol. The van der Waals surface area contributed by atoms with Crippen molar-refractivity contribution in [2.45, 2.75) is 39.7 Å². The quantitative estimate of drug-likeness (QED) is 0.764. The van der Waals surface area contributed by atoms with Gasteiger partial charge < -0.3 is 15.4 Å². The Bertz CT molecular complexity index is 344. The topological polar surface area (TPSA) is 64.3 Å². The van der Waals surface area contributed by atoms with Gasteiger partial charge in [0, 0.05) is 24.8 Å². The zero-order valence-electron chi connectivity index (χ0n) is 11.6. The summed E-state index contributed by atoms with van der Waals surface area (Å²) in [7, 11) is 0. The number of ether oxygens (including phenoxy) is 1. The second kappa shape index (κ2) is 7.87. The van der Waals surface area contributed by atoms with Crippen LogP contribution >= 0.6 is 0 Å². The first-order valence-electron chi connectivity index (χ1n) is 6.61. The number of aromatic nitrogens is 2. The van der Waals surface area contributed by atoms with E-state index >= 15 is 0 Å². The van der Waals surface area contributed by atoms with Gasteiger partial charge in [-0.2, -0.15) is 4.98 Å². The van der Waals surface area contributed by atoms with Gasteiger partial charge in [-0.15, -0.1) is 0 Å². The van der Waals surface area contributed by atoms with Crippen molar-refractivity contribution in [1.29, 1.82) is 0 Å². The van der Waals surface area contributed by atoms with E-state index in [1.54, 1.807) is 12.3 Å². The third-order valence-electron chi connectivity index (χ3n) is 2.55. The van der Waals surface area contributed by atoms with E-state index in [4.69, 9.17) is 10.5 Å². The maximum atomic E-state index is 5.56. The summed E-state index contributed by atoms with van der Waals surface area (Å²) in [4.78, 5) is 10.9. The van der Waals surface area contributed by atoms with E-state index in [1.807, 2.05) is 0 Å². The molecule has 1 rings (SSSR count). The Balaban J connectivity index is 2.77. The highest BCUT2D eigenvalue weighted by molar-refractivity contribution is 5.33. The lowest BCUT2D eigenvalue weighted by atomic mass is 10.3. The van der Waals surface area contributed by atoms with Crippen LogP contribution in [0.2, 0.25) is 0 Å². The highest BCUT2D eigenvalue weighted by Gasteiger charge is 2.13. The first-order valence-corrected chi connectivity index (χ1v) is 6.61. The minimum atomic E-state index is 0.345. The van der Waals surface area contributed by atoms with Crippen LogP contribution in [0, 0.1) is 0 Å². The van der Waals surface area contributed by atoms with Crippen LogP contribution in [0.3, 0.4) is 0 Å². The maximum Gasteiger partial charge on any atom is 0.228 e. The molecule has 102 valence electrons. The summed E-state index contributed by atoms with van der Waals surface area (Å²) in [5, 5.41) is 0. The molecule has 5 heteroatoms. The molecule has 0 aromatic carbocycles. The van der Waals surface area contributed by atoms with Crippen molar-refractivity contribution in [2.24, 2.45) is 5.73 Å². The van der Waals surface area contributed by atoms with E-state index in [-0.39, 0.29) is 0 Å². The van der Waals surface area contributed by atoms with Gasteiger partial charge in [-0.1, -0.05) is 6.92 Å². The van der Waals surface area contributed by atoms with E-state index < -0.39 is 0 Å². The predicted octanol–water partition coefficient (Wildman–Crippen LogP) is 1.83. The summed E-state index contributed by atoms with van der Waals surface area (Å²) in [5.74, 6) is 1.35. The van der Waals surface area contributed by atoms with Gasteiger partial charge in [0.25, 0.3) is 0 Å². The Kier molecular flexibility index (Phi) is 6.43. The number of anilines is 1. The first-order chi connectivity index (χ1) is 8.69. The van der Waals surface area contributed by atoms with Crippen molar-refractivity contribution in [3.63, 3.8) is 0 Å². The summed E-state index contributed by atoms with van der Waals surface area (Å²) in [6, 6.07) is 2.14. The van der Waals surface area contributed by atoms with Gasteiger partial charge in [-0.3, -0.25) is 0 Å². The van der Waals surface area contributed by atoms with Gasteiger partial charge in [0.05, 0.1) is 6.61 Å². The molecule has 5 nitrogen and oxygen atoms in total. The molecule has 0 spiro atoms. The predicted molar refractivity (Wildman–Crippen MR) is 74.0 cm³/mol. The number of hydrogen-bond donors (Lipinski definition) is 1. The highest BCUT2D eigenvalue weighted by Crippen LogP contribution is 2.15. The first kappa shape index (κ1) is 14.7. The lowest BCUT2D eigenvalue weighted by Crippen LogP contribution is -2.34. The Morgan fingerprint density at radius 2 is 2.22 bits per heavy atom. The van der Waals surface area contributed by atoms with Crippen LogP contribution in [-0.2, 0) is 0 Å². The minimum Gasteiger partial charge on any atom is -0.478 e. The summed E-state index contributed by atoms with van der Waals surface area (Å²) in [5.41, 5.74) is 5.56. The zero-order chi connectivity index (χ0) is 13.4. The van der Waals surface area contributed by atoms with Gasteiger partial charge in [0.1, 0.15) is 0 Å². The van der Waals surface area contributed by atoms with Crippen molar-refractivity contribution in [2.75, 3.05) is 24.6 Å². The van der Waals surface area contributed by atoms with Crippen LogP contribution < -0.4 is 15.4 Å². The fraction of sp³-hybridized carbons (Fsp3) is 0.692. The van der Waals surface area contributed by atoms with E-state index in [9.17, 15) is 0 Å². The van der Waals surface area contributed by atoms with E-state index in [0.29, 0.717) is 31.0 Å². The SMILES string of the molecule is CCCOc1ccnc(N(CCCN)C(C)C)n1. The normalized spacial score (nSPS) is 10.7. The van der Waals surface area contributed by atoms with Crippen LogP contribution in [-0.4, -0.2) is 35.7 Å². The van der Waals surface area contributed by atoms with Crippen molar-refractivity contribution < 1.29 is 4.74 Å². The van der Waals surface area contributed by atoms with Gasteiger partial charge in [-0.25, -0.2) is 4.98 Å². The fourth-order valence-corrected chi connectivity index (χ4v) is 1.61. The molecule has 0 radical (unpaired) electrons. The maximum absolute atomic E-state index is 5.56. The van der Waals surface area contributed by atoms with Crippen LogP contribution in [0.1, 0.15) is 33.6 Å². The van der Waals surface area contributed by atoms with Gasteiger partial charge in [0.2, 0.25) is 11.8 Å². The van der Waals surface area contributed by atoms with Crippen LogP contribution in [0.25, 0.3) is 0 Å². The smallest absolute Gasteiger partial charge is 0.228 e. The number of rotatable bonds is 8.